The molecular formula is C5H8N2O3. The number of carbonyl (C=O) groups is 2. The monoisotopic (exact) mass is 144 g/mol. The normalized spacial score (nSPS) is 11.7. The number of amides is 2. The fourth-order valence-electron chi connectivity index (χ4n) is 0.264. The minimum Gasteiger partial charge on any atom is -0.370 e. The van der Waals surface area contributed by atoms with E-state index < -0.39 is 18.0 Å². The minimum absolute atomic E-state index is 1.03. The molecule has 0 radical (unpaired) electrons. The lowest BCUT2D eigenvalue weighted by Gasteiger charge is -2.04. The molecule has 0 bridgehead atoms. The van der Waals surface area contributed by atoms with E-state index in [1.165, 1.54) is 0 Å². The van der Waals surface area contributed by atoms with Crippen LogP contribution in [0.2, 0.25) is 0 Å². The van der Waals surface area contributed by atoms with Crippen molar-refractivity contribution in [2.45, 2.75) is 6.23 Å². The molecular weight excluding hydrogens is 136 g/mol. The van der Waals surface area contributed by atoms with Crippen LogP contribution in [0.1, 0.15) is 0 Å². The van der Waals surface area contributed by atoms with E-state index in [9.17, 15) is 9.59 Å². The van der Waals surface area contributed by atoms with Gasteiger partial charge in [-0.3, -0.25) is 9.59 Å². The average molecular weight is 144 g/mol. The van der Waals surface area contributed by atoms with Crippen LogP contribution in [0.4, 0.5) is 0 Å². The van der Waals surface area contributed by atoms with Crippen LogP contribution < -0.4 is 11.1 Å². The van der Waals surface area contributed by atoms with Crippen molar-refractivity contribution >= 4 is 11.8 Å². The first-order valence-corrected chi connectivity index (χ1v) is 2.49. The molecule has 5 nitrogen and oxygen atoms in total. The highest BCUT2D eigenvalue weighted by molar-refractivity contribution is 6.34. The Morgan fingerprint density at radius 3 is 2.50 bits per heavy atom. The van der Waals surface area contributed by atoms with Gasteiger partial charge < -0.3 is 16.2 Å². The second-order valence-corrected chi connectivity index (χ2v) is 1.52. The maximum atomic E-state index is 10.3. The highest BCUT2D eigenvalue weighted by Gasteiger charge is 2.09. The van der Waals surface area contributed by atoms with E-state index in [4.69, 9.17) is 5.11 Å². The Morgan fingerprint density at radius 2 is 2.20 bits per heavy atom. The predicted molar refractivity (Wildman–Crippen MR) is 33.5 cm³/mol. The van der Waals surface area contributed by atoms with Gasteiger partial charge in [-0.05, 0) is 6.08 Å². The number of aliphatic hydroxyl groups is 1. The molecule has 0 heterocycles. The van der Waals surface area contributed by atoms with E-state index in [1.807, 2.05) is 5.32 Å². The third-order valence-corrected chi connectivity index (χ3v) is 0.726. The number of nitrogens with one attached hydrogen (secondary N) is 1. The van der Waals surface area contributed by atoms with Gasteiger partial charge >= 0.3 is 11.8 Å². The molecule has 0 fully saturated rings. The molecule has 1 unspecified atom stereocenters. The lowest BCUT2D eigenvalue weighted by atomic mass is 10.5. The Bertz CT molecular complexity index is 166. The third-order valence-electron chi connectivity index (χ3n) is 0.726. The number of nitrogens with two attached hydrogens (primary N) is 1. The molecule has 0 saturated heterocycles. The molecule has 4 N–H and O–H groups in total. The zero-order valence-corrected chi connectivity index (χ0v) is 5.20. The van der Waals surface area contributed by atoms with Crippen molar-refractivity contribution in [1.29, 1.82) is 0 Å². The number of hydrogen-bond donors (Lipinski definition) is 3. The van der Waals surface area contributed by atoms with E-state index in [0.717, 1.165) is 6.08 Å². The van der Waals surface area contributed by atoms with Crippen molar-refractivity contribution < 1.29 is 14.7 Å². The van der Waals surface area contributed by atoms with E-state index in [2.05, 4.69) is 12.3 Å². The summed E-state index contributed by atoms with van der Waals surface area (Å²) in [6, 6.07) is 0. The van der Waals surface area contributed by atoms with Gasteiger partial charge in [-0.15, -0.1) is 0 Å². The molecule has 0 aromatic rings. The summed E-state index contributed by atoms with van der Waals surface area (Å²) in [5.41, 5.74) is 4.54. The van der Waals surface area contributed by atoms with E-state index in [1.54, 1.807) is 0 Å². The van der Waals surface area contributed by atoms with Gasteiger partial charge in [0, 0.05) is 0 Å². The van der Waals surface area contributed by atoms with Crippen LogP contribution in [-0.4, -0.2) is 23.1 Å². The molecule has 0 aromatic heterocycles. The molecule has 2 amide bonds. The number of rotatable bonds is 2. The highest BCUT2D eigenvalue weighted by Crippen LogP contribution is 1.75. The lowest BCUT2D eigenvalue weighted by molar-refractivity contribution is -0.138. The Labute approximate surface area is 57.5 Å². The Kier molecular flexibility index (Phi) is 3.13. The van der Waals surface area contributed by atoms with E-state index in [-0.39, 0.29) is 0 Å². The average Bonchev–Trinajstić information content (AvgIpc) is 1.87. The summed E-state index contributed by atoms with van der Waals surface area (Å²) >= 11 is 0. The van der Waals surface area contributed by atoms with Crippen molar-refractivity contribution in [1.82, 2.24) is 5.32 Å². The van der Waals surface area contributed by atoms with Crippen molar-refractivity contribution in [2.75, 3.05) is 0 Å². The highest BCUT2D eigenvalue weighted by atomic mass is 16.3. The summed E-state index contributed by atoms with van der Waals surface area (Å²) in [6.45, 7) is 3.16. The fourth-order valence-corrected chi connectivity index (χ4v) is 0.264. The summed E-state index contributed by atoms with van der Waals surface area (Å²) in [5.74, 6) is -2.17. The van der Waals surface area contributed by atoms with Gasteiger partial charge in [0.25, 0.3) is 0 Å². The van der Waals surface area contributed by atoms with Gasteiger partial charge in [-0.25, -0.2) is 0 Å². The maximum Gasteiger partial charge on any atom is 0.311 e. The van der Waals surface area contributed by atoms with Crippen LogP contribution in [0, 0.1) is 0 Å². The van der Waals surface area contributed by atoms with Crippen LogP contribution in [0.3, 0.4) is 0 Å². The summed E-state index contributed by atoms with van der Waals surface area (Å²) in [5, 5.41) is 10.5. The van der Waals surface area contributed by atoms with Crippen molar-refractivity contribution in [2.24, 2.45) is 5.73 Å². The van der Waals surface area contributed by atoms with Gasteiger partial charge in [0.1, 0.15) is 6.23 Å². The molecule has 56 valence electrons. The first kappa shape index (κ1) is 8.64. The smallest absolute Gasteiger partial charge is 0.311 e. The first-order valence-electron chi connectivity index (χ1n) is 2.49. The van der Waals surface area contributed by atoms with Gasteiger partial charge in [-0.2, -0.15) is 0 Å². The van der Waals surface area contributed by atoms with Crippen LogP contribution >= 0.6 is 0 Å². The largest absolute Gasteiger partial charge is 0.370 e. The van der Waals surface area contributed by atoms with Crippen LogP contribution in [0.15, 0.2) is 12.7 Å². The Morgan fingerprint density at radius 1 is 1.70 bits per heavy atom. The molecule has 0 aliphatic carbocycles. The summed E-state index contributed by atoms with van der Waals surface area (Å²) < 4.78 is 0. The zero-order chi connectivity index (χ0) is 8.15. The van der Waals surface area contributed by atoms with E-state index >= 15 is 0 Å². The van der Waals surface area contributed by atoms with Gasteiger partial charge in [0.2, 0.25) is 0 Å². The quantitative estimate of drug-likeness (QED) is 0.240. The number of primary amides is 1. The van der Waals surface area contributed by atoms with Crippen molar-refractivity contribution in [3.05, 3.63) is 12.7 Å². The summed E-state index contributed by atoms with van der Waals surface area (Å²) in [7, 11) is 0. The topological polar surface area (TPSA) is 92.4 Å². The Balaban J connectivity index is 3.79. The molecule has 1 atom stereocenters. The SMILES string of the molecule is C=CC(O)NC(=O)C(N)=O. The fraction of sp³-hybridized carbons (Fsp3) is 0.200. The Hall–Kier alpha value is -1.36. The van der Waals surface area contributed by atoms with Crippen molar-refractivity contribution in [3.63, 3.8) is 0 Å². The second kappa shape index (κ2) is 3.62. The van der Waals surface area contributed by atoms with Gasteiger partial charge in [-0.1, -0.05) is 6.58 Å². The standard InChI is InChI=1S/C5H8N2O3/c1-2-3(8)7-5(10)4(6)9/h2-3,8H,1H2,(H2,6,9)(H,7,10). The number of carbonyl (C=O) groups excluding carboxylic acids is 2. The van der Waals surface area contributed by atoms with Gasteiger partial charge in [0.05, 0.1) is 0 Å². The molecule has 0 aliphatic rings. The van der Waals surface area contributed by atoms with Crippen LogP contribution in [-0.2, 0) is 9.59 Å². The minimum atomic E-state index is -1.22. The molecule has 0 saturated carbocycles. The van der Waals surface area contributed by atoms with Crippen LogP contribution in [0.25, 0.3) is 0 Å². The lowest BCUT2D eigenvalue weighted by Crippen LogP contribution is -2.41. The maximum absolute atomic E-state index is 10.3. The second-order valence-electron chi connectivity index (χ2n) is 1.52. The molecule has 5 heteroatoms. The zero-order valence-electron chi connectivity index (χ0n) is 5.20. The van der Waals surface area contributed by atoms with Crippen molar-refractivity contribution in [3.8, 4) is 0 Å². The first-order chi connectivity index (χ1) is 4.57. The molecule has 0 aliphatic heterocycles. The number of aliphatic hydroxyl groups excluding tert-OH is 1. The van der Waals surface area contributed by atoms with Crippen LogP contribution in [0.5, 0.6) is 0 Å². The molecule has 0 aromatic carbocycles. The molecule has 10 heavy (non-hydrogen) atoms. The summed E-state index contributed by atoms with van der Waals surface area (Å²) in [4.78, 5) is 20.3. The molecule has 0 rings (SSSR count). The molecule has 0 spiro atoms. The van der Waals surface area contributed by atoms with Gasteiger partial charge in [0.15, 0.2) is 0 Å². The predicted octanol–water partition coefficient (Wildman–Crippen LogP) is -1.91. The number of hydrogen-bond acceptors (Lipinski definition) is 3. The summed E-state index contributed by atoms with van der Waals surface area (Å²) in [6.07, 6.45) is -0.166. The third kappa shape index (κ3) is 2.83. The van der Waals surface area contributed by atoms with E-state index in [0.29, 0.717) is 0 Å².